The molecule has 0 bridgehead atoms. The molecule has 7 heteroatoms. The normalized spacial score (nSPS) is 10.2. The van der Waals surface area contributed by atoms with E-state index in [9.17, 15) is 4.79 Å². The minimum absolute atomic E-state index is 0.363. The molecule has 112 valence electrons. The number of anilines is 2. The van der Waals surface area contributed by atoms with Crippen molar-refractivity contribution >= 4 is 28.2 Å². The van der Waals surface area contributed by atoms with Gasteiger partial charge in [-0.3, -0.25) is 5.32 Å². The van der Waals surface area contributed by atoms with Crippen molar-refractivity contribution < 1.29 is 9.53 Å². The summed E-state index contributed by atoms with van der Waals surface area (Å²) in [6, 6.07) is 6.85. The first-order valence-electron chi connectivity index (χ1n) is 6.76. The van der Waals surface area contributed by atoms with E-state index in [0.717, 1.165) is 24.3 Å². The van der Waals surface area contributed by atoms with Gasteiger partial charge in [0, 0.05) is 6.42 Å². The van der Waals surface area contributed by atoms with Crippen LogP contribution in [-0.4, -0.2) is 23.3 Å². The highest BCUT2D eigenvalue weighted by Gasteiger charge is 2.10. The van der Waals surface area contributed by atoms with E-state index < -0.39 is 0 Å². The van der Waals surface area contributed by atoms with Crippen LogP contribution in [-0.2, 0) is 6.42 Å². The van der Waals surface area contributed by atoms with Crippen molar-refractivity contribution in [2.24, 2.45) is 0 Å². The largest absolute Gasteiger partial charge is 0.495 e. The monoisotopic (exact) mass is 306 g/mol. The second-order valence-electron chi connectivity index (χ2n) is 4.38. The number of unbranched alkanes of at least 4 members (excludes halogenated alkanes) is 1. The number of nitrogens with zero attached hydrogens (tertiary/aromatic N) is 2. The molecule has 6 nitrogen and oxygen atoms in total. The predicted molar refractivity (Wildman–Crippen MR) is 84.2 cm³/mol. The van der Waals surface area contributed by atoms with E-state index in [1.807, 2.05) is 12.1 Å². The van der Waals surface area contributed by atoms with Gasteiger partial charge in [0.2, 0.25) is 5.13 Å². The van der Waals surface area contributed by atoms with Gasteiger partial charge in [-0.25, -0.2) is 4.79 Å². The number of hydrogen-bond acceptors (Lipinski definition) is 5. The molecule has 0 radical (unpaired) electrons. The fourth-order valence-electron chi connectivity index (χ4n) is 1.73. The Morgan fingerprint density at radius 3 is 2.86 bits per heavy atom. The maximum atomic E-state index is 11.9. The highest BCUT2D eigenvalue weighted by molar-refractivity contribution is 7.15. The molecule has 1 aromatic carbocycles. The van der Waals surface area contributed by atoms with Crippen LogP contribution in [0.25, 0.3) is 0 Å². The maximum absolute atomic E-state index is 11.9. The van der Waals surface area contributed by atoms with Gasteiger partial charge in [-0.2, -0.15) is 0 Å². The number of carbonyl (C=O) groups excluding carboxylic acids is 1. The molecule has 1 aromatic heterocycles. The SMILES string of the molecule is CCCCc1nnc(NC(=O)Nc2ccccc2OC)s1. The fourth-order valence-corrected chi connectivity index (χ4v) is 2.51. The van der Waals surface area contributed by atoms with Gasteiger partial charge in [0.1, 0.15) is 10.8 Å². The highest BCUT2D eigenvalue weighted by Crippen LogP contribution is 2.23. The van der Waals surface area contributed by atoms with Crippen molar-refractivity contribution in [3.8, 4) is 5.75 Å². The smallest absolute Gasteiger partial charge is 0.325 e. The van der Waals surface area contributed by atoms with Crippen LogP contribution < -0.4 is 15.4 Å². The van der Waals surface area contributed by atoms with Crippen molar-refractivity contribution in [1.29, 1.82) is 0 Å². The van der Waals surface area contributed by atoms with Crippen molar-refractivity contribution in [2.75, 3.05) is 17.7 Å². The summed E-state index contributed by atoms with van der Waals surface area (Å²) in [4.78, 5) is 11.9. The van der Waals surface area contributed by atoms with Gasteiger partial charge in [-0.15, -0.1) is 10.2 Å². The zero-order chi connectivity index (χ0) is 15.1. The quantitative estimate of drug-likeness (QED) is 0.856. The van der Waals surface area contributed by atoms with E-state index in [-0.39, 0.29) is 6.03 Å². The van der Waals surface area contributed by atoms with Gasteiger partial charge in [-0.05, 0) is 18.6 Å². The van der Waals surface area contributed by atoms with E-state index in [1.165, 1.54) is 11.3 Å². The molecule has 0 fully saturated rings. The van der Waals surface area contributed by atoms with Crippen molar-refractivity contribution in [3.63, 3.8) is 0 Å². The van der Waals surface area contributed by atoms with Crippen LogP contribution in [0.4, 0.5) is 15.6 Å². The number of amides is 2. The average molecular weight is 306 g/mol. The van der Waals surface area contributed by atoms with Crippen LogP contribution in [0, 0.1) is 0 Å². The topological polar surface area (TPSA) is 76.1 Å². The Kier molecular flexibility index (Phi) is 5.51. The lowest BCUT2D eigenvalue weighted by Gasteiger charge is -2.09. The lowest BCUT2D eigenvalue weighted by atomic mass is 10.3. The number of para-hydroxylation sites is 2. The number of rotatable bonds is 6. The lowest BCUT2D eigenvalue weighted by molar-refractivity contribution is 0.262. The van der Waals surface area contributed by atoms with Crippen molar-refractivity contribution in [2.45, 2.75) is 26.2 Å². The molecule has 0 unspecified atom stereocenters. The Hall–Kier alpha value is -2.15. The first kappa shape index (κ1) is 15.2. The molecular weight excluding hydrogens is 288 g/mol. The second kappa shape index (κ2) is 7.58. The Morgan fingerprint density at radius 1 is 1.29 bits per heavy atom. The first-order valence-corrected chi connectivity index (χ1v) is 7.58. The van der Waals surface area contributed by atoms with Crippen LogP contribution in [0.1, 0.15) is 24.8 Å². The Labute approximate surface area is 127 Å². The van der Waals surface area contributed by atoms with E-state index in [0.29, 0.717) is 16.6 Å². The van der Waals surface area contributed by atoms with E-state index >= 15 is 0 Å². The van der Waals surface area contributed by atoms with Crippen LogP contribution in [0.2, 0.25) is 0 Å². The molecule has 21 heavy (non-hydrogen) atoms. The molecule has 1 heterocycles. The minimum Gasteiger partial charge on any atom is -0.495 e. The molecule has 2 rings (SSSR count). The number of aromatic nitrogens is 2. The molecule has 0 saturated heterocycles. The number of ether oxygens (including phenoxy) is 1. The minimum atomic E-state index is -0.363. The van der Waals surface area contributed by atoms with Gasteiger partial charge in [0.25, 0.3) is 0 Å². The molecule has 2 aromatic rings. The van der Waals surface area contributed by atoms with Gasteiger partial charge >= 0.3 is 6.03 Å². The molecule has 0 spiro atoms. The standard InChI is InChI=1S/C14H18N4O2S/c1-3-4-9-12-17-18-14(21-12)16-13(19)15-10-7-5-6-8-11(10)20-2/h5-8H,3-4,9H2,1-2H3,(H2,15,16,18,19). The summed E-state index contributed by atoms with van der Waals surface area (Å²) in [6.45, 7) is 2.13. The maximum Gasteiger partial charge on any atom is 0.325 e. The predicted octanol–water partition coefficient (Wildman–Crippen LogP) is 3.53. The summed E-state index contributed by atoms with van der Waals surface area (Å²) >= 11 is 1.40. The molecule has 0 aliphatic carbocycles. The van der Waals surface area contributed by atoms with Gasteiger partial charge in [0.05, 0.1) is 12.8 Å². The fraction of sp³-hybridized carbons (Fsp3) is 0.357. The third-order valence-corrected chi connectivity index (χ3v) is 3.69. The van der Waals surface area contributed by atoms with Crippen LogP contribution >= 0.6 is 11.3 Å². The summed E-state index contributed by atoms with van der Waals surface area (Å²) in [7, 11) is 1.56. The highest BCUT2D eigenvalue weighted by atomic mass is 32.1. The van der Waals surface area contributed by atoms with E-state index in [1.54, 1.807) is 19.2 Å². The molecule has 2 amide bonds. The van der Waals surface area contributed by atoms with Crippen molar-refractivity contribution in [3.05, 3.63) is 29.3 Å². The number of nitrogens with one attached hydrogen (secondary N) is 2. The average Bonchev–Trinajstić information content (AvgIpc) is 2.93. The Bertz CT molecular complexity index is 600. The molecule has 0 saturated carbocycles. The number of aryl methyl sites for hydroxylation is 1. The van der Waals surface area contributed by atoms with Gasteiger partial charge in [0.15, 0.2) is 0 Å². The number of urea groups is 1. The molecular formula is C14H18N4O2S. The zero-order valence-electron chi connectivity index (χ0n) is 12.0. The number of carbonyl (C=O) groups is 1. The first-order chi connectivity index (χ1) is 10.2. The van der Waals surface area contributed by atoms with Crippen LogP contribution in [0.5, 0.6) is 5.75 Å². The summed E-state index contributed by atoms with van der Waals surface area (Å²) in [6.07, 6.45) is 3.07. The Balaban J connectivity index is 1.93. The van der Waals surface area contributed by atoms with Crippen LogP contribution in [0.15, 0.2) is 24.3 Å². The lowest BCUT2D eigenvalue weighted by Crippen LogP contribution is -2.19. The van der Waals surface area contributed by atoms with Gasteiger partial charge < -0.3 is 10.1 Å². The van der Waals surface area contributed by atoms with E-state index in [4.69, 9.17) is 4.74 Å². The Morgan fingerprint density at radius 2 is 2.10 bits per heavy atom. The van der Waals surface area contributed by atoms with Crippen LogP contribution in [0.3, 0.4) is 0 Å². The molecule has 0 atom stereocenters. The third kappa shape index (κ3) is 4.42. The third-order valence-electron chi connectivity index (χ3n) is 2.79. The number of methoxy groups -OCH3 is 1. The number of hydrogen-bond donors (Lipinski definition) is 2. The molecule has 0 aliphatic rings. The summed E-state index contributed by atoms with van der Waals surface area (Å²) < 4.78 is 5.18. The molecule has 2 N–H and O–H groups in total. The summed E-state index contributed by atoms with van der Waals surface area (Å²) in [5.74, 6) is 0.605. The zero-order valence-corrected chi connectivity index (χ0v) is 12.9. The van der Waals surface area contributed by atoms with Gasteiger partial charge in [-0.1, -0.05) is 36.8 Å². The summed E-state index contributed by atoms with van der Waals surface area (Å²) in [5.41, 5.74) is 0.605. The van der Waals surface area contributed by atoms with E-state index in [2.05, 4.69) is 27.8 Å². The molecule has 0 aliphatic heterocycles. The van der Waals surface area contributed by atoms with Crippen molar-refractivity contribution in [1.82, 2.24) is 10.2 Å². The second-order valence-corrected chi connectivity index (χ2v) is 5.45. The summed E-state index contributed by atoms with van der Waals surface area (Å²) in [5, 5.41) is 14.8. The number of benzene rings is 1.